The number of hydrogen-bond donors (Lipinski definition) is 1. The van der Waals surface area contributed by atoms with Gasteiger partial charge >= 0.3 is 0 Å². The number of sulfonamides is 2. The topological polar surface area (TPSA) is 122 Å². The summed E-state index contributed by atoms with van der Waals surface area (Å²) in [6.07, 6.45) is 2.77. The molecule has 3 rings (SSSR count). The third-order valence-electron chi connectivity index (χ3n) is 5.27. The lowest BCUT2D eigenvalue weighted by molar-refractivity contribution is -0.119. The molecule has 34 heavy (non-hydrogen) atoms. The molecule has 1 heterocycles. The van der Waals surface area contributed by atoms with Crippen molar-refractivity contribution in [1.29, 1.82) is 0 Å². The van der Waals surface area contributed by atoms with E-state index in [4.69, 9.17) is 9.47 Å². The Balaban J connectivity index is 1.49. The number of rotatable bonds is 11. The van der Waals surface area contributed by atoms with Crippen LogP contribution in [0.1, 0.15) is 12.8 Å². The fourth-order valence-corrected chi connectivity index (χ4v) is 5.85. The van der Waals surface area contributed by atoms with Crippen molar-refractivity contribution in [1.82, 2.24) is 9.62 Å². The highest BCUT2D eigenvalue weighted by Crippen LogP contribution is 2.23. The Labute approximate surface area is 200 Å². The number of nitrogens with one attached hydrogen (secondary N) is 1. The second-order valence-electron chi connectivity index (χ2n) is 7.75. The number of benzene rings is 2. The average Bonchev–Trinajstić information content (AvgIpc) is 3.36. The molecule has 1 saturated heterocycles. The molecule has 1 aliphatic heterocycles. The smallest absolute Gasteiger partial charge is 0.243 e. The number of amides is 1. The molecule has 0 radical (unpaired) electrons. The van der Waals surface area contributed by atoms with Crippen LogP contribution in [0.5, 0.6) is 11.5 Å². The van der Waals surface area contributed by atoms with E-state index in [1.54, 1.807) is 36.4 Å². The minimum atomic E-state index is -3.68. The summed E-state index contributed by atoms with van der Waals surface area (Å²) in [5, 5.41) is 2.62. The second kappa shape index (κ2) is 11.1. The van der Waals surface area contributed by atoms with E-state index >= 15 is 0 Å². The summed E-state index contributed by atoms with van der Waals surface area (Å²) < 4.78 is 62.6. The van der Waals surface area contributed by atoms with E-state index in [1.807, 2.05) is 0 Å². The van der Waals surface area contributed by atoms with Crippen molar-refractivity contribution in [2.24, 2.45) is 0 Å². The normalized spacial score (nSPS) is 14.5. The maximum atomic E-state index is 12.6. The molecule has 186 valence electrons. The Hall–Kier alpha value is -2.83. The molecule has 1 fully saturated rings. The number of ether oxygens (including phenoxy) is 2. The maximum absolute atomic E-state index is 12.6. The summed E-state index contributed by atoms with van der Waals surface area (Å²) in [4.78, 5) is 12.5. The van der Waals surface area contributed by atoms with E-state index in [-0.39, 0.29) is 24.6 Å². The molecule has 0 bridgehead atoms. The largest absolute Gasteiger partial charge is 0.497 e. The van der Waals surface area contributed by atoms with E-state index < -0.39 is 26.0 Å². The zero-order chi connectivity index (χ0) is 24.8. The molecule has 0 aliphatic carbocycles. The lowest BCUT2D eigenvalue weighted by atomic mass is 10.3. The lowest BCUT2D eigenvalue weighted by Gasteiger charge is -2.22. The van der Waals surface area contributed by atoms with Gasteiger partial charge in [0, 0.05) is 13.1 Å². The van der Waals surface area contributed by atoms with Gasteiger partial charge < -0.3 is 14.8 Å². The Kier molecular flexibility index (Phi) is 8.39. The monoisotopic (exact) mass is 511 g/mol. The Morgan fingerprint density at radius 1 is 0.971 bits per heavy atom. The van der Waals surface area contributed by atoms with Gasteiger partial charge in [0.15, 0.2) is 0 Å². The van der Waals surface area contributed by atoms with Crippen LogP contribution in [0.25, 0.3) is 0 Å². The van der Waals surface area contributed by atoms with Crippen LogP contribution in [0.3, 0.4) is 0 Å². The standard InChI is InChI=1S/C22H29N3O7S2/c1-31-19-7-5-18(6-8-19)25(33(2,27)28)17-22(26)23-13-16-32-20-9-11-21(12-10-20)34(29,30)24-14-3-4-15-24/h5-12H,3-4,13-17H2,1-2H3,(H,23,26). The van der Waals surface area contributed by atoms with Crippen molar-refractivity contribution in [2.75, 3.05) is 50.5 Å². The minimum Gasteiger partial charge on any atom is -0.497 e. The minimum absolute atomic E-state index is 0.130. The quantitative estimate of drug-likeness (QED) is 0.453. The summed E-state index contributed by atoms with van der Waals surface area (Å²) in [6.45, 7) is 0.970. The molecule has 12 heteroatoms. The first-order chi connectivity index (χ1) is 16.1. The first-order valence-electron chi connectivity index (χ1n) is 10.7. The number of hydrogen-bond acceptors (Lipinski definition) is 7. The Morgan fingerprint density at radius 3 is 2.12 bits per heavy atom. The maximum Gasteiger partial charge on any atom is 0.243 e. The molecule has 2 aromatic carbocycles. The summed E-state index contributed by atoms with van der Waals surface area (Å²) in [7, 11) is -5.66. The summed E-state index contributed by atoms with van der Waals surface area (Å²) in [5.74, 6) is 0.544. The molecule has 0 spiro atoms. The van der Waals surface area contributed by atoms with Crippen LogP contribution in [-0.4, -0.2) is 73.2 Å². The molecular formula is C22H29N3O7S2. The van der Waals surface area contributed by atoms with E-state index in [0.717, 1.165) is 23.4 Å². The van der Waals surface area contributed by atoms with E-state index in [0.29, 0.717) is 30.3 Å². The van der Waals surface area contributed by atoms with Gasteiger partial charge in [-0.15, -0.1) is 0 Å². The van der Waals surface area contributed by atoms with Crippen LogP contribution in [0, 0.1) is 0 Å². The summed E-state index contributed by atoms with van der Waals surface area (Å²) >= 11 is 0. The highest BCUT2D eigenvalue weighted by atomic mass is 32.2. The van der Waals surface area contributed by atoms with Crippen molar-refractivity contribution in [3.63, 3.8) is 0 Å². The van der Waals surface area contributed by atoms with Gasteiger partial charge in [0.1, 0.15) is 24.7 Å². The first-order valence-corrected chi connectivity index (χ1v) is 14.0. The number of methoxy groups -OCH3 is 1. The van der Waals surface area contributed by atoms with E-state index in [9.17, 15) is 21.6 Å². The van der Waals surface area contributed by atoms with Gasteiger partial charge in [-0.3, -0.25) is 9.10 Å². The van der Waals surface area contributed by atoms with Crippen molar-refractivity contribution in [3.05, 3.63) is 48.5 Å². The van der Waals surface area contributed by atoms with Crippen LogP contribution < -0.4 is 19.1 Å². The molecular weight excluding hydrogens is 482 g/mol. The number of carbonyl (C=O) groups is 1. The average molecular weight is 512 g/mol. The highest BCUT2D eigenvalue weighted by molar-refractivity contribution is 7.92. The predicted octanol–water partition coefficient (Wildman–Crippen LogP) is 1.44. The highest BCUT2D eigenvalue weighted by Gasteiger charge is 2.27. The lowest BCUT2D eigenvalue weighted by Crippen LogP contribution is -2.41. The van der Waals surface area contributed by atoms with Gasteiger partial charge in [0.05, 0.1) is 30.5 Å². The Bertz CT molecular complexity index is 1180. The molecule has 0 saturated carbocycles. The number of anilines is 1. The van der Waals surface area contributed by atoms with Crippen LogP contribution in [0.2, 0.25) is 0 Å². The van der Waals surface area contributed by atoms with Crippen LogP contribution in [-0.2, 0) is 24.8 Å². The third-order valence-corrected chi connectivity index (χ3v) is 8.32. The van der Waals surface area contributed by atoms with E-state index in [1.165, 1.54) is 23.5 Å². The third kappa shape index (κ3) is 6.61. The second-order valence-corrected chi connectivity index (χ2v) is 11.6. The number of nitrogens with zero attached hydrogens (tertiary/aromatic N) is 2. The summed E-state index contributed by atoms with van der Waals surface area (Å²) in [6, 6.07) is 12.5. The van der Waals surface area contributed by atoms with Gasteiger partial charge in [-0.05, 0) is 61.4 Å². The Morgan fingerprint density at radius 2 is 1.56 bits per heavy atom. The van der Waals surface area contributed by atoms with Crippen molar-refractivity contribution < 1.29 is 31.1 Å². The predicted molar refractivity (Wildman–Crippen MR) is 128 cm³/mol. The van der Waals surface area contributed by atoms with Gasteiger partial charge in [-0.2, -0.15) is 4.31 Å². The molecule has 1 N–H and O–H groups in total. The molecule has 1 amide bonds. The SMILES string of the molecule is COc1ccc(N(CC(=O)NCCOc2ccc(S(=O)(=O)N3CCCC3)cc2)S(C)(=O)=O)cc1. The van der Waals surface area contributed by atoms with Gasteiger partial charge in [0.2, 0.25) is 26.0 Å². The van der Waals surface area contributed by atoms with Crippen LogP contribution >= 0.6 is 0 Å². The van der Waals surface area contributed by atoms with Crippen molar-refractivity contribution in [3.8, 4) is 11.5 Å². The molecule has 2 aromatic rings. The van der Waals surface area contributed by atoms with E-state index in [2.05, 4.69) is 5.32 Å². The van der Waals surface area contributed by atoms with Gasteiger partial charge in [0.25, 0.3) is 0 Å². The fraction of sp³-hybridized carbons (Fsp3) is 0.409. The van der Waals surface area contributed by atoms with Crippen LogP contribution in [0.4, 0.5) is 5.69 Å². The van der Waals surface area contributed by atoms with Crippen molar-refractivity contribution >= 4 is 31.6 Å². The van der Waals surface area contributed by atoms with Crippen molar-refractivity contribution in [2.45, 2.75) is 17.7 Å². The van der Waals surface area contributed by atoms with Crippen LogP contribution in [0.15, 0.2) is 53.4 Å². The molecule has 0 atom stereocenters. The first kappa shape index (κ1) is 25.8. The van der Waals surface area contributed by atoms with Gasteiger partial charge in [-0.1, -0.05) is 0 Å². The molecule has 0 aromatic heterocycles. The zero-order valence-corrected chi connectivity index (χ0v) is 20.8. The van der Waals surface area contributed by atoms with Gasteiger partial charge in [-0.25, -0.2) is 16.8 Å². The molecule has 10 nitrogen and oxygen atoms in total. The molecule has 1 aliphatic rings. The number of carbonyl (C=O) groups excluding carboxylic acids is 1. The fourth-order valence-electron chi connectivity index (χ4n) is 3.48. The molecule has 0 unspecified atom stereocenters. The summed E-state index contributed by atoms with van der Waals surface area (Å²) in [5.41, 5.74) is 0.346. The zero-order valence-electron chi connectivity index (χ0n) is 19.1.